The first kappa shape index (κ1) is 12.4. The number of nitrogens with one attached hydrogen (secondary N) is 1. The van der Waals surface area contributed by atoms with E-state index in [1.165, 1.54) is 48.8 Å². The van der Waals surface area contributed by atoms with Crippen molar-refractivity contribution in [3.8, 4) is 0 Å². The maximum Gasteiger partial charge on any atom is 0.185 e. The number of aromatic nitrogens is 1. The Morgan fingerprint density at radius 1 is 1.33 bits per heavy atom. The maximum absolute atomic E-state index is 4.65. The van der Waals surface area contributed by atoms with Gasteiger partial charge >= 0.3 is 0 Å². The van der Waals surface area contributed by atoms with Gasteiger partial charge < -0.3 is 10.2 Å². The van der Waals surface area contributed by atoms with E-state index in [9.17, 15) is 0 Å². The monoisotopic (exact) mass is 265 g/mol. The number of nitrogens with zero attached hydrogens (tertiary/aromatic N) is 2. The predicted molar refractivity (Wildman–Crippen MR) is 77.2 cm³/mol. The lowest BCUT2D eigenvalue weighted by Gasteiger charge is -2.21. The number of rotatable bonds is 7. The molecule has 0 aliphatic heterocycles. The fraction of sp³-hybridized carbons (Fsp3) is 0.786. The first-order valence-corrected chi connectivity index (χ1v) is 7.96. The lowest BCUT2D eigenvalue weighted by Crippen LogP contribution is -2.27. The quantitative estimate of drug-likeness (QED) is 0.821. The van der Waals surface area contributed by atoms with Gasteiger partial charge in [0.1, 0.15) is 0 Å². The summed E-state index contributed by atoms with van der Waals surface area (Å²) in [7, 11) is 2.01. The Morgan fingerprint density at radius 3 is 2.44 bits per heavy atom. The first-order chi connectivity index (χ1) is 8.76. The summed E-state index contributed by atoms with van der Waals surface area (Å²) in [6, 6.07) is 0.417. The molecule has 100 valence electrons. The molecule has 2 aliphatic carbocycles. The molecule has 2 saturated carbocycles. The van der Waals surface area contributed by atoms with Gasteiger partial charge in [-0.05, 0) is 51.5 Å². The largest absolute Gasteiger partial charge is 0.348 e. The van der Waals surface area contributed by atoms with Gasteiger partial charge in [0, 0.05) is 30.2 Å². The highest BCUT2D eigenvalue weighted by Gasteiger charge is 2.30. The molecule has 3 nitrogen and oxygen atoms in total. The first-order valence-electron chi connectivity index (χ1n) is 7.14. The van der Waals surface area contributed by atoms with Crippen LogP contribution in [0.4, 0.5) is 5.13 Å². The van der Waals surface area contributed by atoms with Crippen LogP contribution in [0.15, 0.2) is 6.20 Å². The third-order valence-electron chi connectivity index (χ3n) is 3.99. The summed E-state index contributed by atoms with van der Waals surface area (Å²) in [4.78, 5) is 8.55. The second-order valence-corrected chi connectivity index (χ2v) is 6.89. The summed E-state index contributed by atoms with van der Waals surface area (Å²) < 4.78 is 0. The predicted octanol–water partition coefficient (Wildman–Crippen LogP) is 3.05. The zero-order valence-corrected chi connectivity index (χ0v) is 12.2. The maximum atomic E-state index is 4.65. The van der Waals surface area contributed by atoms with Crippen LogP contribution in [0.25, 0.3) is 0 Å². The van der Waals surface area contributed by atoms with Gasteiger partial charge in [0.15, 0.2) is 5.13 Å². The Kier molecular flexibility index (Phi) is 3.57. The van der Waals surface area contributed by atoms with Gasteiger partial charge in [-0.3, -0.25) is 0 Å². The van der Waals surface area contributed by atoms with E-state index in [-0.39, 0.29) is 0 Å². The van der Waals surface area contributed by atoms with Crippen LogP contribution in [0.5, 0.6) is 0 Å². The molecular weight excluding hydrogens is 242 g/mol. The number of anilines is 1. The lowest BCUT2D eigenvalue weighted by atomic mass is 10.3. The summed E-state index contributed by atoms with van der Waals surface area (Å²) >= 11 is 1.87. The lowest BCUT2D eigenvalue weighted by molar-refractivity contribution is 0.662. The van der Waals surface area contributed by atoms with Crippen molar-refractivity contribution in [1.82, 2.24) is 10.3 Å². The van der Waals surface area contributed by atoms with Gasteiger partial charge in [-0.2, -0.15) is 0 Å². The number of thiazole rings is 1. The van der Waals surface area contributed by atoms with E-state index in [4.69, 9.17) is 0 Å². The van der Waals surface area contributed by atoms with Gasteiger partial charge in [-0.15, -0.1) is 11.3 Å². The number of hydrogen-bond donors (Lipinski definition) is 1. The molecule has 0 aromatic carbocycles. The van der Waals surface area contributed by atoms with E-state index in [1.807, 2.05) is 24.6 Å². The SMILES string of the molecule is CNC(C)c1cnc(N(CC2CC2)CC2CC2)s1. The van der Waals surface area contributed by atoms with Crippen LogP contribution in [0.3, 0.4) is 0 Å². The van der Waals surface area contributed by atoms with Crippen molar-refractivity contribution in [2.45, 2.75) is 38.6 Å². The van der Waals surface area contributed by atoms with Gasteiger partial charge in [0.05, 0.1) is 0 Å². The topological polar surface area (TPSA) is 28.2 Å². The highest BCUT2D eigenvalue weighted by atomic mass is 32.1. The van der Waals surface area contributed by atoms with Crippen molar-refractivity contribution in [2.75, 3.05) is 25.0 Å². The molecule has 1 heterocycles. The van der Waals surface area contributed by atoms with Gasteiger partial charge in [0.2, 0.25) is 0 Å². The fourth-order valence-corrected chi connectivity index (χ4v) is 3.21. The molecule has 1 unspecified atom stereocenters. The molecule has 3 rings (SSSR count). The summed E-state index contributed by atoms with van der Waals surface area (Å²) in [6.45, 7) is 4.66. The van der Waals surface area contributed by atoms with Crippen molar-refractivity contribution in [1.29, 1.82) is 0 Å². The van der Waals surface area contributed by atoms with E-state index in [0.717, 1.165) is 11.8 Å². The minimum atomic E-state index is 0.417. The molecule has 4 heteroatoms. The molecule has 1 atom stereocenters. The molecule has 0 radical (unpaired) electrons. The summed E-state index contributed by atoms with van der Waals surface area (Å²) in [5.74, 6) is 1.88. The van der Waals surface area contributed by atoms with E-state index in [2.05, 4.69) is 22.1 Å². The molecule has 2 fully saturated rings. The summed E-state index contributed by atoms with van der Waals surface area (Å²) in [5, 5.41) is 4.53. The van der Waals surface area contributed by atoms with Crippen molar-refractivity contribution in [2.24, 2.45) is 11.8 Å². The zero-order chi connectivity index (χ0) is 12.5. The van der Waals surface area contributed by atoms with Crippen LogP contribution >= 0.6 is 11.3 Å². The molecule has 1 aromatic rings. The Hall–Kier alpha value is -0.610. The minimum Gasteiger partial charge on any atom is -0.348 e. The van der Waals surface area contributed by atoms with Crippen LogP contribution in [0, 0.1) is 11.8 Å². The Labute approximate surface area is 114 Å². The Balaban J connectivity index is 1.68. The molecule has 0 spiro atoms. The van der Waals surface area contributed by atoms with E-state index in [1.54, 1.807) is 0 Å². The van der Waals surface area contributed by atoms with E-state index < -0.39 is 0 Å². The molecule has 0 saturated heterocycles. The molecular formula is C14H23N3S. The van der Waals surface area contributed by atoms with Crippen LogP contribution in [-0.4, -0.2) is 25.1 Å². The molecule has 2 aliphatic rings. The second kappa shape index (κ2) is 5.17. The van der Waals surface area contributed by atoms with Crippen LogP contribution in [0.2, 0.25) is 0 Å². The van der Waals surface area contributed by atoms with Crippen LogP contribution in [-0.2, 0) is 0 Å². The smallest absolute Gasteiger partial charge is 0.185 e. The number of hydrogen-bond acceptors (Lipinski definition) is 4. The molecule has 1 N–H and O–H groups in total. The van der Waals surface area contributed by atoms with Crippen molar-refractivity contribution in [3.05, 3.63) is 11.1 Å². The Morgan fingerprint density at radius 2 is 1.94 bits per heavy atom. The summed E-state index contributed by atoms with van der Waals surface area (Å²) in [5.41, 5.74) is 0. The Bertz CT molecular complexity index is 381. The molecule has 0 amide bonds. The van der Waals surface area contributed by atoms with Gasteiger partial charge in [0.25, 0.3) is 0 Å². The van der Waals surface area contributed by atoms with Crippen LogP contribution < -0.4 is 10.2 Å². The standard InChI is InChI=1S/C14H23N3S/c1-10(15-2)13-7-16-14(18-13)17(8-11-3-4-11)9-12-5-6-12/h7,10-12,15H,3-6,8-9H2,1-2H3. The molecule has 1 aromatic heterocycles. The normalized spacial score (nSPS) is 21.0. The second-order valence-electron chi connectivity index (χ2n) is 5.85. The third-order valence-corrected chi connectivity index (χ3v) is 5.23. The van der Waals surface area contributed by atoms with Crippen molar-refractivity contribution < 1.29 is 0 Å². The third kappa shape index (κ3) is 3.04. The highest BCUT2D eigenvalue weighted by Crippen LogP contribution is 2.37. The molecule has 18 heavy (non-hydrogen) atoms. The van der Waals surface area contributed by atoms with E-state index >= 15 is 0 Å². The zero-order valence-electron chi connectivity index (χ0n) is 11.4. The van der Waals surface area contributed by atoms with Gasteiger partial charge in [-0.1, -0.05) is 0 Å². The summed E-state index contributed by atoms with van der Waals surface area (Å²) in [6.07, 6.45) is 7.74. The van der Waals surface area contributed by atoms with Crippen LogP contribution in [0.1, 0.15) is 43.5 Å². The average Bonchev–Trinajstić information content (AvgIpc) is 3.30. The fourth-order valence-electron chi connectivity index (χ4n) is 2.22. The highest BCUT2D eigenvalue weighted by molar-refractivity contribution is 7.15. The minimum absolute atomic E-state index is 0.417. The van der Waals surface area contributed by atoms with Crippen molar-refractivity contribution >= 4 is 16.5 Å². The molecule has 0 bridgehead atoms. The van der Waals surface area contributed by atoms with Gasteiger partial charge in [-0.25, -0.2) is 4.98 Å². The van der Waals surface area contributed by atoms with E-state index in [0.29, 0.717) is 6.04 Å². The average molecular weight is 265 g/mol. The van der Waals surface area contributed by atoms with Crippen molar-refractivity contribution in [3.63, 3.8) is 0 Å².